The van der Waals surface area contributed by atoms with Crippen molar-refractivity contribution in [3.63, 3.8) is 0 Å². The van der Waals surface area contributed by atoms with E-state index in [1.165, 1.54) is 12.8 Å². The van der Waals surface area contributed by atoms with E-state index < -0.39 is 5.97 Å². The van der Waals surface area contributed by atoms with Gasteiger partial charge in [-0.1, -0.05) is 58.6 Å². The Morgan fingerprint density at radius 1 is 1.00 bits per heavy atom. The molecular weight excluding hydrogens is 256 g/mol. The summed E-state index contributed by atoms with van der Waals surface area (Å²) in [5, 5.41) is 8.14. The van der Waals surface area contributed by atoms with Gasteiger partial charge in [0, 0.05) is 12.8 Å². The first-order valence-corrected chi connectivity index (χ1v) is 7.56. The molecule has 0 saturated carbocycles. The van der Waals surface area contributed by atoms with Gasteiger partial charge in [-0.15, -0.1) is 0 Å². The average molecular weight is 286 g/mol. The Bertz CT molecular complexity index is 249. The molecule has 0 aromatic carbocycles. The molecule has 4 heteroatoms. The second kappa shape index (κ2) is 17.7. The fourth-order valence-electron chi connectivity index (χ4n) is 1.45. The molecule has 0 aliphatic heterocycles. The molecule has 20 heavy (non-hydrogen) atoms. The highest BCUT2D eigenvalue weighted by molar-refractivity contribution is 5.69. The lowest BCUT2D eigenvalue weighted by atomic mass is 10.2. The maximum Gasteiger partial charge on any atom is 0.306 e. The van der Waals surface area contributed by atoms with Crippen molar-refractivity contribution < 1.29 is 19.4 Å². The van der Waals surface area contributed by atoms with Gasteiger partial charge in [-0.25, -0.2) is 0 Å². The average Bonchev–Trinajstić information content (AvgIpc) is 2.42. The van der Waals surface area contributed by atoms with Crippen LogP contribution in [0.3, 0.4) is 0 Å². The normalized spacial score (nSPS) is 9.30. The summed E-state index contributed by atoms with van der Waals surface area (Å²) in [6.45, 7) is 8.01. The van der Waals surface area contributed by atoms with E-state index in [1.54, 1.807) is 6.08 Å². The summed E-state index contributed by atoms with van der Waals surface area (Å²) in [6, 6.07) is 0. The summed E-state index contributed by atoms with van der Waals surface area (Å²) < 4.78 is 4.81. The number of carboxylic acid groups (broad SMARTS) is 1. The van der Waals surface area contributed by atoms with Gasteiger partial charge in [0.2, 0.25) is 0 Å². The highest BCUT2D eigenvalue weighted by Gasteiger charge is 1.99. The van der Waals surface area contributed by atoms with Crippen LogP contribution in [-0.4, -0.2) is 23.7 Å². The predicted octanol–water partition coefficient (Wildman–Crippen LogP) is 4.34. The van der Waals surface area contributed by atoms with Crippen LogP contribution in [0.4, 0.5) is 0 Å². The molecule has 0 aliphatic carbocycles. The van der Waals surface area contributed by atoms with Gasteiger partial charge in [0.05, 0.1) is 0 Å². The Kier molecular flexibility index (Phi) is 18.6. The summed E-state index contributed by atoms with van der Waals surface area (Å²) in [7, 11) is 0. The van der Waals surface area contributed by atoms with Crippen LogP contribution in [0.1, 0.15) is 71.6 Å². The third-order valence-corrected chi connectivity index (χ3v) is 2.59. The van der Waals surface area contributed by atoms with Crippen LogP contribution in [-0.2, 0) is 14.3 Å². The van der Waals surface area contributed by atoms with Gasteiger partial charge >= 0.3 is 11.9 Å². The molecule has 0 rings (SSSR count). The third-order valence-electron chi connectivity index (χ3n) is 2.59. The van der Waals surface area contributed by atoms with Crippen molar-refractivity contribution >= 4 is 11.9 Å². The molecule has 0 radical (unpaired) electrons. The minimum Gasteiger partial charge on any atom is -0.481 e. The van der Waals surface area contributed by atoms with E-state index in [-0.39, 0.29) is 5.97 Å². The summed E-state index contributed by atoms with van der Waals surface area (Å²) in [4.78, 5) is 20.8. The lowest BCUT2D eigenvalue weighted by Gasteiger charge is -2.00. The van der Waals surface area contributed by atoms with E-state index in [2.05, 4.69) is 20.4 Å². The van der Waals surface area contributed by atoms with Crippen LogP contribution >= 0.6 is 0 Å². The van der Waals surface area contributed by atoms with Crippen LogP contribution in [0, 0.1) is 0 Å². The van der Waals surface area contributed by atoms with Crippen molar-refractivity contribution in [3.05, 3.63) is 12.7 Å². The van der Waals surface area contributed by atoms with E-state index >= 15 is 0 Å². The minimum absolute atomic E-state index is 0.106. The number of esters is 1. The molecule has 0 fully saturated rings. The monoisotopic (exact) mass is 286 g/mol. The first-order chi connectivity index (χ1) is 9.58. The number of ether oxygens (including phenoxy) is 1. The Morgan fingerprint density at radius 2 is 1.55 bits per heavy atom. The summed E-state index contributed by atoms with van der Waals surface area (Å²) in [5.74, 6) is -0.788. The first-order valence-electron chi connectivity index (χ1n) is 7.56. The smallest absolute Gasteiger partial charge is 0.306 e. The van der Waals surface area contributed by atoms with Gasteiger partial charge in [0.25, 0.3) is 0 Å². The zero-order chi connectivity index (χ0) is 15.6. The van der Waals surface area contributed by atoms with Gasteiger partial charge < -0.3 is 9.84 Å². The van der Waals surface area contributed by atoms with Crippen molar-refractivity contribution in [1.82, 2.24) is 0 Å². The maximum absolute atomic E-state index is 10.9. The molecule has 0 aliphatic rings. The molecular formula is C16H30O4. The number of hydrogen-bond acceptors (Lipinski definition) is 3. The summed E-state index contributed by atoms with van der Waals surface area (Å²) >= 11 is 0. The molecule has 0 amide bonds. The molecule has 4 nitrogen and oxygen atoms in total. The topological polar surface area (TPSA) is 63.6 Å². The first kappa shape index (κ1) is 21.0. The number of aliphatic carboxylic acids is 1. The van der Waals surface area contributed by atoms with Crippen molar-refractivity contribution in [2.24, 2.45) is 0 Å². The van der Waals surface area contributed by atoms with Gasteiger partial charge in [-0.3, -0.25) is 9.59 Å². The van der Waals surface area contributed by atoms with E-state index in [1.807, 2.05) is 0 Å². The van der Waals surface area contributed by atoms with E-state index in [0.29, 0.717) is 19.4 Å². The van der Waals surface area contributed by atoms with Crippen LogP contribution < -0.4 is 0 Å². The molecule has 118 valence electrons. The van der Waals surface area contributed by atoms with Crippen molar-refractivity contribution in [1.29, 1.82) is 0 Å². The van der Waals surface area contributed by atoms with Gasteiger partial charge in [-0.2, -0.15) is 0 Å². The van der Waals surface area contributed by atoms with Crippen LogP contribution in [0.2, 0.25) is 0 Å². The van der Waals surface area contributed by atoms with E-state index in [0.717, 1.165) is 32.1 Å². The lowest BCUT2D eigenvalue weighted by molar-refractivity contribution is -0.142. The molecule has 0 unspecified atom stereocenters. The lowest BCUT2D eigenvalue weighted by Crippen LogP contribution is -2.03. The fraction of sp³-hybridized carbons (Fsp3) is 0.750. The zero-order valence-electron chi connectivity index (χ0n) is 13.0. The van der Waals surface area contributed by atoms with E-state index in [4.69, 9.17) is 9.84 Å². The molecule has 0 bridgehead atoms. The Balaban J connectivity index is 0. The number of carbonyl (C=O) groups excluding carboxylic acids is 1. The predicted molar refractivity (Wildman–Crippen MR) is 81.7 cm³/mol. The number of carbonyl (C=O) groups is 2. The number of hydrogen-bond donors (Lipinski definition) is 1. The van der Waals surface area contributed by atoms with Gasteiger partial charge in [-0.05, 0) is 12.8 Å². The van der Waals surface area contributed by atoms with Crippen LogP contribution in [0.25, 0.3) is 0 Å². The largest absolute Gasteiger partial charge is 0.481 e. The van der Waals surface area contributed by atoms with Crippen molar-refractivity contribution in [2.45, 2.75) is 71.6 Å². The molecule has 0 aromatic heterocycles. The summed E-state index contributed by atoms with van der Waals surface area (Å²) in [5.41, 5.74) is 0. The molecule has 1 N–H and O–H groups in total. The molecule has 0 atom stereocenters. The summed E-state index contributed by atoms with van der Waals surface area (Å²) in [6.07, 6.45) is 9.89. The number of unbranched alkanes of at least 4 members (excludes halogenated alkanes) is 5. The minimum atomic E-state index is -0.682. The van der Waals surface area contributed by atoms with E-state index in [9.17, 15) is 9.59 Å². The Morgan fingerprint density at radius 3 is 2.05 bits per heavy atom. The standard InChI is InChI=1S/C10H18O2.C6H12O2/c1-3-5-6-7-8-10(11)12-9-4-2;1-2-3-4-5-6(7)8/h4H,2-3,5-9H2,1H3;2-5H2,1H3,(H,7,8). The Hall–Kier alpha value is -1.32. The highest BCUT2D eigenvalue weighted by atomic mass is 16.5. The maximum atomic E-state index is 10.9. The molecule has 0 spiro atoms. The van der Waals surface area contributed by atoms with Gasteiger partial charge in [0.1, 0.15) is 6.61 Å². The van der Waals surface area contributed by atoms with Crippen LogP contribution in [0.15, 0.2) is 12.7 Å². The number of carboxylic acids is 1. The van der Waals surface area contributed by atoms with Gasteiger partial charge in [0.15, 0.2) is 0 Å². The van der Waals surface area contributed by atoms with Crippen molar-refractivity contribution in [2.75, 3.05) is 6.61 Å². The molecule has 0 aromatic rings. The van der Waals surface area contributed by atoms with Crippen LogP contribution in [0.5, 0.6) is 0 Å². The third kappa shape index (κ3) is 21.9. The fourth-order valence-corrected chi connectivity index (χ4v) is 1.45. The SMILES string of the molecule is C=CCOC(=O)CCCCCC.CCCCCC(=O)O. The second-order valence-corrected chi connectivity index (χ2v) is 4.63. The Labute approximate surface area is 123 Å². The quantitative estimate of drug-likeness (QED) is 0.349. The zero-order valence-corrected chi connectivity index (χ0v) is 13.0. The second-order valence-electron chi connectivity index (χ2n) is 4.63. The van der Waals surface area contributed by atoms with Crippen molar-refractivity contribution in [3.8, 4) is 0 Å². The molecule has 0 saturated heterocycles. The number of rotatable bonds is 11. The molecule has 0 heterocycles. The highest BCUT2D eigenvalue weighted by Crippen LogP contribution is 2.03.